The van der Waals surface area contributed by atoms with Crippen LogP contribution in [0.25, 0.3) is 16.9 Å². The van der Waals surface area contributed by atoms with Crippen LogP contribution in [-0.2, 0) is 19.1 Å². The zero-order chi connectivity index (χ0) is 22.8. The number of rotatable bonds is 8. The molecule has 31 heavy (non-hydrogen) atoms. The van der Waals surface area contributed by atoms with Crippen molar-refractivity contribution in [3.8, 4) is 22.7 Å². The van der Waals surface area contributed by atoms with E-state index in [1.165, 1.54) is 56.8 Å². The fourth-order valence-electron chi connectivity index (χ4n) is 2.79. The minimum atomic E-state index is -4.52. The number of hydrogen-bond donors (Lipinski definition) is 2. The molecule has 3 rings (SSSR count). The Bertz CT molecular complexity index is 1250. The molecule has 1 heterocycles. The zero-order valence-corrected chi connectivity index (χ0v) is 18.8. The summed E-state index contributed by atoms with van der Waals surface area (Å²) in [4.78, 5) is 13.3. The number of methoxy groups -OCH3 is 1. The first-order valence-corrected chi connectivity index (χ1v) is 12.2. The second-order valence-electron chi connectivity index (χ2n) is 6.13. The summed E-state index contributed by atoms with van der Waals surface area (Å²) in [6.45, 7) is 1.31. The third kappa shape index (κ3) is 5.15. The molecular weight excluding hydrogens is 472 g/mol. The average molecular weight is 490 g/mol. The molecule has 0 bridgehead atoms. The summed E-state index contributed by atoms with van der Waals surface area (Å²) in [5.41, 5.74) is 1.28. The molecule has 0 fully saturated rings. The van der Waals surface area contributed by atoms with Gasteiger partial charge in [-0.1, -0.05) is 11.6 Å². The number of benzene rings is 2. The van der Waals surface area contributed by atoms with Gasteiger partial charge in [0.1, 0.15) is 6.33 Å². The first-order valence-electron chi connectivity index (χ1n) is 8.76. The first-order chi connectivity index (χ1) is 14.6. The summed E-state index contributed by atoms with van der Waals surface area (Å²) in [5, 5.41) is 0.112. The lowest BCUT2D eigenvalue weighted by molar-refractivity contribution is 0.270. The van der Waals surface area contributed by atoms with Gasteiger partial charge in [0.15, 0.2) is 16.7 Å². The van der Waals surface area contributed by atoms with Crippen LogP contribution in [0.3, 0.4) is 0 Å². The number of hydrogen-bond acceptors (Lipinski definition) is 6. The van der Waals surface area contributed by atoms with E-state index in [1.54, 1.807) is 15.1 Å². The second-order valence-corrected chi connectivity index (χ2v) is 10.00. The smallest absolute Gasteiger partial charge is 0.416 e. The van der Waals surface area contributed by atoms with Gasteiger partial charge in [0.05, 0.1) is 24.3 Å². The summed E-state index contributed by atoms with van der Waals surface area (Å²) in [7, 11) is -7.48. The van der Waals surface area contributed by atoms with Gasteiger partial charge in [0.25, 0.3) is 0 Å². The Morgan fingerprint density at radius 1 is 1.26 bits per heavy atom. The number of aromatic nitrogens is 2. The largest absolute Gasteiger partial charge is 0.494 e. The van der Waals surface area contributed by atoms with Gasteiger partial charge >= 0.3 is 7.75 Å². The third-order valence-electron chi connectivity index (χ3n) is 4.11. The third-order valence-corrected chi connectivity index (χ3v) is 7.77. The number of nitrogens with one attached hydrogen (secondary N) is 1. The van der Waals surface area contributed by atoms with Crippen LogP contribution in [0.2, 0.25) is 5.15 Å². The lowest BCUT2D eigenvalue weighted by atomic mass is 10.1. The van der Waals surface area contributed by atoms with Crippen LogP contribution in [0.15, 0.2) is 53.7 Å². The molecule has 0 saturated heterocycles. The van der Waals surface area contributed by atoms with E-state index in [0.717, 1.165) is 0 Å². The fraction of sp³-hybridized carbons (Fsp3) is 0.167. The van der Waals surface area contributed by atoms with Crippen molar-refractivity contribution in [3.05, 3.63) is 59.8 Å². The molecule has 3 aromatic rings. The molecule has 1 aromatic heterocycles. The molecular formula is C18H18ClFN3O6PS. The second kappa shape index (κ2) is 9.07. The van der Waals surface area contributed by atoms with Crippen molar-refractivity contribution >= 4 is 29.4 Å². The fourth-order valence-corrected chi connectivity index (χ4v) is 5.72. The molecule has 2 aromatic carbocycles. The van der Waals surface area contributed by atoms with Crippen molar-refractivity contribution in [1.29, 1.82) is 0 Å². The number of halogens is 2. The van der Waals surface area contributed by atoms with Gasteiger partial charge in [-0.05, 0) is 49.4 Å². The lowest BCUT2D eigenvalue weighted by Gasteiger charge is -2.13. The minimum absolute atomic E-state index is 0.0706. The molecule has 0 amide bonds. The minimum Gasteiger partial charge on any atom is -0.494 e. The Morgan fingerprint density at radius 3 is 2.52 bits per heavy atom. The van der Waals surface area contributed by atoms with Gasteiger partial charge in [-0.3, -0.25) is 9.09 Å². The highest BCUT2D eigenvalue weighted by Crippen LogP contribution is 2.39. The molecule has 9 nitrogen and oxygen atoms in total. The Morgan fingerprint density at radius 2 is 1.94 bits per heavy atom. The number of nitrogens with zero attached hydrogens (tertiary/aromatic N) is 2. The predicted molar refractivity (Wildman–Crippen MR) is 112 cm³/mol. The zero-order valence-electron chi connectivity index (χ0n) is 16.3. The molecule has 0 aliphatic heterocycles. The summed E-state index contributed by atoms with van der Waals surface area (Å²) in [5.74, 6) is -0.514. The summed E-state index contributed by atoms with van der Waals surface area (Å²) in [6, 6.07) is 9.65. The highest BCUT2D eigenvalue weighted by molar-refractivity contribution is 7.94. The van der Waals surface area contributed by atoms with E-state index in [0.29, 0.717) is 16.9 Å². The first kappa shape index (κ1) is 23.4. The van der Waals surface area contributed by atoms with E-state index in [4.69, 9.17) is 16.3 Å². The maximum atomic E-state index is 14.2. The SMILES string of the molecule is CCOP(=O)(O)NS(=O)(=O)c1ccc(-n2cnc(Cl)c2-c2ccc(OC)c(F)c2)cc1. The number of ether oxygens (including phenoxy) is 1. The van der Waals surface area contributed by atoms with E-state index >= 15 is 0 Å². The van der Waals surface area contributed by atoms with E-state index in [2.05, 4.69) is 9.51 Å². The molecule has 2 N–H and O–H groups in total. The summed E-state index contributed by atoms with van der Waals surface area (Å²) >= 11 is 6.20. The van der Waals surface area contributed by atoms with Crippen LogP contribution < -0.4 is 9.23 Å². The molecule has 0 aliphatic carbocycles. The topological polar surface area (TPSA) is 120 Å². The maximum absolute atomic E-state index is 14.2. The van der Waals surface area contributed by atoms with Gasteiger partial charge in [0, 0.05) is 11.3 Å². The molecule has 13 heteroatoms. The standard InChI is InChI=1S/C18H18ClFN3O6PS/c1-3-29-30(24,25)22-31(26,27)14-7-5-13(6-8-14)23-11-21-18(19)17(23)12-4-9-16(28-2)15(20)10-12/h4-11H,3H2,1-2H3,(H2,22,24,25). The Kier molecular flexibility index (Phi) is 6.85. The van der Waals surface area contributed by atoms with Crippen LogP contribution in [-0.4, -0.2) is 36.6 Å². The Labute approximate surface area is 183 Å². The Balaban J connectivity index is 1.96. The van der Waals surface area contributed by atoms with Crippen molar-refractivity contribution in [2.24, 2.45) is 0 Å². The number of sulfonamides is 1. The molecule has 0 aliphatic rings. The van der Waals surface area contributed by atoms with E-state index in [1.807, 2.05) is 0 Å². The molecule has 0 radical (unpaired) electrons. The van der Waals surface area contributed by atoms with Crippen LogP contribution in [0.4, 0.5) is 4.39 Å². The molecule has 1 unspecified atom stereocenters. The monoisotopic (exact) mass is 489 g/mol. The van der Waals surface area contributed by atoms with E-state index < -0.39 is 23.6 Å². The van der Waals surface area contributed by atoms with Crippen LogP contribution in [0, 0.1) is 5.82 Å². The van der Waals surface area contributed by atoms with Crippen LogP contribution in [0.1, 0.15) is 6.92 Å². The van der Waals surface area contributed by atoms with Crippen molar-refractivity contribution in [2.45, 2.75) is 11.8 Å². The van der Waals surface area contributed by atoms with E-state index in [9.17, 15) is 22.3 Å². The molecule has 0 saturated carbocycles. The van der Waals surface area contributed by atoms with Crippen LogP contribution >= 0.6 is 19.3 Å². The van der Waals surface area contributed by atoms with Crippen molar-refractivity contribution in [2.75, 3.05) is 13.7 Å². The van der Waals surface area contributed by atoms with Crippen molar-refractivity contribution in [1.82, 2.24) is 14.0 Å². The summed E-state index contributed by atoms with van der Waals surface area (Å²) in [6.07, 6.45) is 1.40. The normalized spacial score (nSPS) is 13.7. The molecule has 0 spiro atoms. The van der Waals surface area contributed by atoms with Gasteiger partial charge in [0.2, 0.25) is 10.0 Å². The van der Waals surface area contributed by atoms with Crippen molar-refractivity contribution in [3.63, 3.8) is 0 Å². The average Bonchev–Trinajstić information content (AvgIpc) is 3.08. The van der Waals surface area contributed by atoms with Crippen LogP contribution in [0.5, 0.6) is 5.75 Å². The highest BCUT2D eigenvalue weighted by atomic mass is 35.5. The van der Waals surface area contributed by atoms with Gasteiger partial charge in [-0.15, -0.1) is 4.49 Å². The quantitative estimate of drug-likeness (QED) is 0.462. The van der Waals surface area contributed by atoms with Gasteiger partial charge < -0.3 is 9.63 Å². The highest BCUT2D eigenvalue weighted by Gasteiger charge is 2.28. The van der Waals surface area contributed by atoms with Gasteiger partial charge in [-0.2, -0.15) is 0 Å². The lowest BCUT2D eigenvalue weighted by Crippen LogP contribution is -2.22. The Hall–Kier alpha value is -2.27. The molecule has 166 valence electrons. The molecule has 1 atom stereocenters. The van der Waals surface area contributed by atoms with Gasteiger partial charge in [-0.25, -0.2) is 22.4 Å². The summed E-state index contributed by atoms with van der Waals surface area (Å²) < 4.78 is 63.2. The van der Waals surface area contributed by atoms with Crippen molar-refractivity contribution < 1.29 is 31.5 Å². The van der Waals surface area contributed by atoms with E-state index in [-0.39, 0.29) is 22.4 Å². The maximum Gasteiger partial charge on any atom is 0.416 e. The predicted octanol–water partition coefficient (Wildman–Crippen LogP) is 3.76. The number of imidazole rings is 1.